The summed E-state index contributed by atoms with van der Waals surface area (Å²) in [6.07, 6.45) is 1.82. The number of aryl methyl sites for hydroxylation is 2. The number of aromatic nitrogens is 2. The first kappa shape index (κ1) is 8.53. The van der Waals surface area contributed by atoms with Gasteiger partial charge in [-0.15, -0.1) is 0 Å². The van der Waals surface area contributed by atoms with Crippen LogP contribution in [0.3, 0.4) is 0 Å². The van der Waals surface area contributed by atoms with E-state index in [1.807, 2.05) is 12.1 Å². The maximum atomic E-state index is 11.8. The molecular formula is C12H12N2O. The van der Waals surface area contributed by atoms with Crippen LogP contribution >= 0.6 is 0 Å². The molecule has 1 aromatic carbocycles. The molecule has 3 heteroatoms. The number of fused-ring (bicyclic) bond motifs is 3. The van der Waals surface area contributed by atoms with Gasteiger partial charge in [-0.05, 0) is 18.4 Å². The van der Waals surface area contributed by atoms with Gasteiger partial charge in [-0.3, -0.25) is 14.6 Å². The second kappa shape index (κ2) is 2.86. The lowest BCUT2D eigenvalue weighted by Crippen LogP contribution is -2.16. The first-order valence-corrected chi connectivity index (χ1v) is 5.13. The molecule has 1 aromatic heterocycles. The van der Waals surface area contributed by atoms with Gasteiger partial charge in [0, 0.05) is 18.2 Å². The average molecular weight is 200 g/mol. The third kappa shape index (κ3) is 1.09. The average Bonchev–Trinajstić information content (AvgIpc) is 2.56. The molecule has 1 heterocycles. The van der Waals surface area contributed by atoms with Crippen LogP contribution in [-0.2, 0) is 19.9 Å². The molecule has 76 valence electrons. The van der Waals surface area contributed by atoms with Gasteiger partial charge in [0.1, 0.15) is 0 Å². The number of nitrogens with one attached hydrogen (secondary N) is 1. The number of rotatable bonds is 0. The molecule has 1 aliphatic rings. The van der Waals surface area contributed by atoms with Crippen LogP contribution in [0.5, 0.6) is 0 Å². The van der Waals surface area contributed by atoms with Gasteiger partial charge in [-0.2, -0.15) is 0 Å². The molecular weight excluding hydrogens is 188 g/mol. The molecule has 0 amide bonds. The Labute approximate surface area is 87.3 Å². The first-order chi connectivity index (χ1) is 7.27. The maximum absolute atomic E-state index is 11.8. The largest absolute Gasteiger partial charge is 0.295 e. The Morgan fingerprint density at radius 1 is 1.27 bits per heavy atom. The van der Waals surface area contributed by atoms with Crippen molar-refractivity contribution in [2.75, 3.05) is 0 Å². The van der Waals surface area contributed by atoms with Gasteiger partial charge in [0.2, 0.25) is 0 Å². The maximum Gasteiger partial charge on any atom is 0.270 e. The standard InChI is InChI=1S/C12H12N2O/c1-14-12(15)10-7-6-8-4-2-3-5-9(8)11(10)13-14/h2-5,13H,6-7H2,1H3. The second-order valence-corrected chi connectivity index (χ2v) is 3.99. The monoisotopic (exact) mass is 200 g/mol. The number of hydrogen-bond donors (Lipinski definition) is 1. The van der Waals surface area contributed by atoms with Crippen LogP contribution in [0, 0.1) is 0 Å². The predicted octanol–water partition coefficient (Wildman–Crippen LogP) is 1.48. The van der Waals surface area contributed by atoms with E-state index in [4.69, 9.17) is 0 Å². The van der Waals surface area contributed by atoms with Crippen molar-refractivity contribution in [2.24, 2.45) is 7.05 Å². The number of aromatic amines is 1. The fourth-order valence-electron chi connectivity index (χ4n) is 2.29. The van der Waals surface area contributed by atoms with Crippen LogP contribution in [0.25, 0.3) is 11.3 Å². The Hall–Kier alpha value is -1.77. The van der Waals surface area contributed by atoms with Gasteiger partial charge in [-0.1, -0.05) is 24.3 Å². The minimum atomic E-state index is 0.111. The van der Waals surface area contributed by atoms with Crippen LogP contribution < -0.4 is 5.56 Å². The van der Waals surface area contributed by atoms with E-state index in [0.29, 0.717) is 0 Å². The molecule has 0 unspecified atom stereocenters. The van der Waals surface area contributed by atoms with Crippen LogP contribution in [0.1, 0.15) is 11.1 Å². The van der Waals surface area contributed by atoms with Crippen molar-refractivity contribution in [1.82, 2.24) is 9.78 Å². The minimum absolute atomic E-state index is 0.111. The Morgan fingerprint density at radius 2 is 2.07 bits per heavy atom. The van der Waals surface area contributed by atoms with Crippen LogP contribution in [0.15, 0.2) is 29.1 Å². The molecule has 15 heavy (non-hydrogen) atoms. The van der Waals surface area contributed by atoms with E-state index in [1.54, 1.807) is 11.7 Å². The molecule has 3 rings (SSSR count). The van der Waals surface area contributed by atoms with Crippen molar-refractivity contribution in [1.29, 1.82) is 0 Å². The number of hydrogen-bond acceptors (Lipinski definition) is 1. The molecule has 3 nitrogen and oxygen atoms in total. The summed E-state index contributed by atoms with van der Waals surface area (Å²) in [5.74, 6) is 0. The molecule has 0 aliphatic heterocycles. The number of benzene rings is 1. The predicted molar refractivity (Wildman–Crippen MR) is 58.9 cm³/mol. The molecule has 2 aromatic rings. The molecule has 0 bridgehead atoms. The molecule has 1 aliphatic carbocycles. The molecule has 0 saturated carbocycles. The van der Waals surface area contributed by atoms with E-state index in [2.05, 4.69) is 17.2 Å². The Morgan fingerprint density at radius 3 is 2.93 bits per heavy atom. The first-order valence-electron chi connectivity index (χ1n) is 5.13. The fraction of sp³-hybridized carbons (Fsp3) is 0.250. The zero-order valence-corrected chi connectivity index (χ0v) is 8.58. The lowest BCUT2D eigenvalue weighted by Gasteiger charge is -2.14. The lowest BCUT2D eigenvalue weighted by atomic mass is 9.90. The Bertz CT molecular complexity index is 578. The highest BCUT2D eigenvalue weighted by atomic mass is 16.1. The van der Waals surface area contributed by atoms with Gasteiger partial charge in [0.15, 0.2) is 0 Å². The van der Waals surface area contributed by atoms with Gasteiger partial charge < -0.3 is 0 Å². The van der Waals surface area contributed by atoms with Gasteiger partial charge in [0.05, 0.1) is 5.69 Å². The summed E-state index contributed by atoms with van der Waals surface area (Å²) < 4.78 is 1.56. The summed E-state index contributed by atoms with van der Waals surface area (Å²) in [5.41, 5.74) is 4.54. The summed E-state index contributed by atoms with van der Waals surface area (Å²) in [6, 6.07) is 8.26. The summed E-state index contributed by atoms with van der Waals surface area (Å²) in [5, 5.41) is 3.13. The second-order valence-electron chi connectivity index (χ2n) is 3.99. The summed E-state index contributed by atoms with van der Waals surface area (Å²) in [6.45, 7) is 0. The van der Waals surface area contributed by atoms with Crippen LogP contribution in [0.4, 0.5) is 0 Å². The highest BCUT2D eigenvalue weighted by Gasteiger charge is 2.20. The van der Waals surface area contributed by atoms with Crippen molar-refractivity contribution < 1.29 is 0 Å². The molecule has 0 radical (unpaired) electrons. The van der Waals surface area contributed by atoms with E-state index in [9.17, 15) is 4.79 Å². The third-order valence-corrected chi connectivity index (χ3v) is 3.08. The lowest BCUT2D eigenvalue weighted by molar-refractivity contribution is 0.740. The number of nitrogens with zero attached hydrogens (tertiary/aromatic N) is 1. The van der Waals surface area contributed by atoms with Crippen molar-refractivity contribution in [3.63, 3.8) is 0 Å². The van der Waals surface area contributed by atoms with Gasteiger partial charge >= 0.3 is 0 Å². The zero-order valence-electron chi connectivity index (χ0n) is 8.58. The summed E-state index contributed by atoms with van der Waals surface area (Å²) in [4.78, 5) is 11.8. The fourth-order valence-corrected chi connectivity index (χ4v) is 2.29. The molecule has 0 atom stereocenters. The van der Waals surface area contributed by atoms with Crippen molar-refractivity contribution >= 4 is 0 Å². The molecule has 0 fully saturated rings. The van der Waals surface area contributed by atoms with E-state index in [0.717, 1.165) is 24.1 Å². The molecule has 1 N–H and O–H groups in total. The quantitative estimate of drug-likeness (QED) is 0.687. The Balaban J connectivity index is 2.35. The number of H-pyrrole nitrogens is 1. The zero-order chi connectivity index (χ0) is 10.4. The van der Waals surface area contributed by atoms with Crippen molar-refractivity contribution in [3.05, 3.63) is 45.7 Å². The third-order valence-electron chi connectivity index (χ3n) is 3.08. The smallest absolute Gasteiger partial charge is 0.270 e. The van der Waals surface area contributed by atoms with E-state index in [-0.39, 0.29) is 5.56 Å². The molecule has 0 spiro atoms. The van der Waals surface area contributed by atoms with Crippen LogP contribution in [-0.4, -0.2) is 9.78 Å². The topological polar surface area (TPSA) is 37.8 Å². The van der Waals surface area contributed by atoms with E-state index >= 15 is 0 Å². The van der Waals surface area contributed by atoms with E-state index in [1.165, 1.54) is 11.1 Å². The highest BCUT2D eigenvalue weighted by molar-refractivity contribution is 5.68. The van der Waals surface area contributed by atoms with Crippen LogP contribution in [0.2, 0.25) is 0 Å². The Kier molecular flexibility index (Phi) is 1.63. The van der Waals surface area contributed by atoms with Crippen molar-refractivity contribution in [2.45, 2.75) is 12.8 Å². The SMILES string of the molecule is Cn1[nH]c2c(c1=O)CCc1ccccc1-2. The minimum Gasteiger partial charge on any atom is -0.295 e. The van der Waals surface area contributed by atoms with E-state index < -0.39 is 0 Å². The van der Waals surface area contributed by atoms with Crippen molar-refractivity contribution in [3.8, 4) is 11.3 Å². The molecule has 0 saturated heterocycles. The summed E-state index contributed by atoms with van der Waals surface area (Å²) in [7, 11) is 1.77. The van der Waals surface area contributed by atoms with Gasteiger partial charge in [-0.25, -0.2) is 0 Å². The summed E-state index contributed by atoms with van der Waals surface area (Å²) >= 11 is 0. The highest BCUT2D eigenvalue weighted by Crippen LogP contribution is 2.29. The normalized spacial score (nSPS) is 13.4. The van der Waals surface area contributed by atoms with Gasteiger partial charge in [0.25, 0.3) is 5.56 Å².